The molecule has 0 radical (unpaired) electrons. The zero-order valence-electron chi connectivity index (χ0n) is 14.6. The third-order valence-corrected chi connectivity index (χ3v) is 4.61. The number of aromatic nitrogens is 1. The van der Waals surface area contributed by atoms with Gasteiger partial charge in [0.15, 0.2) is 11.5 Å². The van der Waals surface area contributed by atoms with Gasteiger partial charge in [-0.2, -0.15) is 0 Å². The molecule has 0 aliphatic rings. The van der Waals surface area contributed by atoms with Crippen LogP contribution in [-0.2, 0) is 17.8 Å². The second-order valence-corrected chi connectivity index (χ2v) is 6.52. The lowest BCUT2D eigenvalue weighted by molar-refractivity contribution is -0.120. The second kappa shape index (κ2) is 8.01. The standard InChI is InChI=1S/C17H22N2O4S/c1-10-15(24-11(2)19-10)8-16(20)18-9-12-6-13(21-3)17(23-5)14(7-12)22-4/h6-7H,8-9H2,1-5H3,(H,18,20). The van der Waals surface area contributed by atoms with Gasteiger partial charge in [-0.3, -0.25) is 4.79 Å². The Kier molecular flexibility index (Phi) is 6.03. The van der Waals surface area contributed by atoms with Gasteiger partial charge in [-0.25, -0.2) is 4.98 Å². The van der Waals surface area contributed by atoms with Crippen molar-refractivity contribution in [2.75, 3.05) is 21.3 Å². The van der Waals surface area contributed by atoms with Gasteiger partial charge in [0.2, 0.25) is 11.7 Å². The van der Waals surface area contributed by atoms with Crippen LogP contribution in [0.25, 0.3) is 0 Å². The quantitative estimate of drug-likeness (QED) is 0.831. The van der Waals surface area contributed by atoms with Crippen LogP contribution in [0.1, 0.15) is 21.1 Å². The van der Waals surface area contributed by atoms with Gasteiger partial charge in [-0.1, -0.05) is 0 Å². The molecule has 1 N–H and O–H groups in total. The zero-order valence-corrected chi connectivity index (χ0v) is 15.4. The summed E-state index contributed by atoms with van der Waals surface area (Å²) in [7, 11) is 4.68. The molecule has 7 heteroatoms. The smallest absolute Gasteiger partial charge is 0.225 e. The summed E-state index contributed by atoms with van der Waals surface area (Å²) in [5.74, 6) is 1.62. The van der Waals surface area contributed by atoms with Crippen LogP contribution in [0.3, 0.4) is 0 Å². The predicted molar refractivity (Wildman–Crippen MR) is 93.2 cm³/mol. The molecule has 1 aromatic heterocycles. The van der Waals surface area contributed by atoms with Gasteiger partial charge < -0.3 is 19.5 Å². The van der Waals surface area contributed by atoms with E-state index < -0.39 is 0 Å². The Bertz CT molecular complexity index is 702. The van der Waals surface area contributed by atoms with Crippen LogP contribution in [0.2, 0.25) is 0 Å². The van der Waals surface area contributed by atoms with Gasteiger partial charge in [0.25, 0.3) is 0 Å². The normalized spacial score (nSPS) is 10.4. The number of hydrogen-bond acceptors (Lipinski definition) is 6. The lowest BCUT2D eigenvalue weighted by Gasteiger charge is -2.14. The summed E-state index contributed by atoms with van der Waals surface area (Å²) in [6.45, 7) is 4.24. The molecule has 6 nitrogen and oxygen atoms in total. The number of nitrogens with one attached hydrogen (secondary N) is 1. The number of ether oxygens (including phenoxy) is 3. The van der Waals surface area contributed by atoms with E-state index in [1.807, 2.05) is 26.0 Å². The van der Waals surface area contributed by atoms with E-state index in [2.05, 4.69) is 10.3 Å². The first-order valence-electron chi connectivity index (χ1n) is 7.47. The third kappa shape index (κ3) is 4.17. The van der Waals surface area contributed by atoms with Crippen LogP contribution in [0.15, 0.2) is 12.1 Å². The van der Waals surface area contributed by atoms with Crippen molar-refractivity contribution in [1.82, 2.24) is 10.3 Å². The van der Waals surface area contributed by atoms with Crippen molar-refractivity contribution in [3.05, 3.63) is 33.3 Å². The molecular weight excluding hydrogens is 328 g/mol. The third-order valence-electron chi connectivity index (χ3n) is 3.53. The summed E-state index contributed by atoms with van der Waals surface area (Å²) in [6.07, 6.45) is 0.335. The highest BCUT2D eigenvalue weighted by molar-refractivity contribution is 7.11. The molecule has 0 fully saturated rings. The Labute approximate surface area is 145 Å². The molecule has 2 aromatic rings. The number of methoxy groups -OCH3 is 3. The Morgan fingerprint density at radius 2 is 1.75 bits per heavy atom. The van der Waals surface area contributed by atoms with Crippen molar-refractivity contribution in [3.63, 3.8) is 0 Å². The fourth-order valence-electron chi connectivity index (χ4n) is 2.38. The van der Waals surface area contributed by atoms with Crippen LogP contribution >= 0.6 is 11.3 Å². The van der Waals surface area contributed by atoms with Crippen LogP contribution < -0.4 is 19.5 Å². The maximum Gasteiger partial charge on any atom is 0.225 e. The van der Waals surface area contributed by atoms with Crippen LogP contribution in [0.4, 0.5) is 0 Å². The molecule has 1 amide bonds. The molecule has 0 atom stereocenters. The summed E-state index contributed by atoms with van der Waals surface area (Å²) in [4.78, 5) is 17.5. The minimum atomic E-state index is -0.0458. The second-order valence-electron chi connectivity index (χ2n) is 5.23. The molecule has 24 heavy (non-hydrogen) atoms. The van der Waals surface area contributed by atoms with Crippen molar-refractivity contribution >= 4 is 17.2 Å². The molecule has 0 aliphatic carbocycles. The number of carbonyl (C=O) groups is 1. The van der Waals surface area contributed by atoms with Crippen molar-refractivity contribution in [3.8, 4) is 17.2 Å². The number of carbonyl (C=O) groups excluding carboxylic acids is 1. The summed E-state index contributed by atoms with van der Waals surface area (Å²) in [5.41, 5.74) is 1.79. The molecule has 0 unspecified atom stereocenters. The van der Waals surface area contributed by atoms with Gasteiger partial charge in [0, 0.05) is 11.4 Å². The van der Waals surface area contributed by atoms with E-state index in [4.69, 9.17) is 14.2 Å². The Hall–Kier alpha value is -2.28. The predicted octanol–water partition coefficient (Wildman–Crippen LogP) is 2.64. The molecule has 0 aliphatic heterocycles. The van der Waals surface area contributed by atoms with Crippen LogP contribution in [-0.4, -0.2) is 32.2 Å². The number of amides is 1. The zero-order chi connectivity index (χ0) is 17.7. The summed E-state index contributed by atoms with van der Waals surface area (Å²) in [5, 5.41) is 3.88. The van der Waals surface area contributed by atoms with Crippen molar-refractivity contribution in [2.45, 2.75) is 26.8 Å². The number of aryl methyl sites for hydroxylation is 2. The highest BCUT2D eigenvalue weighted by Gasteiger charge is 2.14. The van der Waals surface area contributed by atoms with E-state index in [1.165, 1.54) is 0 Å². The van der Waals surface area contributed by atoms with Gasteiger partial charge in [-0.05, 0) is 31.5 Å². The largest absolute Gasteiger partial charge is 0.493 e. The first kappa shape index (κ1) is 18.1. The number of benzene rings is 1. The average molecular weight is 350 g/mol. The summed E-state index contributed by atoms with van der Waals surface area (Å²) >= 11 is 1.55. The lowest BCUT2D eigenvalue weighted by Crippen LogP contribution is -2.24. The fourth-order valence-corrected chi connectivity index (χ4v) is 3.32. The monoisotopic (exact) mass is 350 g/mol. The van der Waals surface area contributed by atoms with E-state index in [0.717, 1.165) is 21.1 Å². The van der Waals surface area contributed by atoms with Gasteiger partial charge in [0.05, 0.1) is 38.5 Å². The topological polar surface area (TPSA) is 69.7 Å². The van der Waals surface area contributed by atoms with Gasteiger partial charge in [-0.15, -0.1) is 11.3 Å². The van der Waals surface area contributed by atoms with E-state index in [9.17, 15) is 4.79 Å². The number of nitrogens with zero attached hydrogens (tertiary/aromatic N) is 1. The SMILES string of the molecule is COc1cc(CNC(=O)Cc2sc(C)nc2C)cc(OC)c1OC. The first-order chi connectivity index (χ1) is 11.5. The Balaban J connectivity index is 2.05. The molecule has 0 spiro atoms. The molecule has 2 rings (SSSR count). The molecule has 0 saturated heterocycles. The highest BCUT2D eigenvalue weighted by atomic mass is 32.1. The Morgan fingerprint density at radius 1 is 1.12 bits per heavy atom. The maximum absolute atomic E-state index is 12.2. The average Bonchev–Trinajstić information content (AvgIpc) is 2.88. The van der Waals surface area contributed by atoms with E-state index >= 15 is 0 Å². The molecule has 0 saturated carbocycles. The molecular formula is C17H22N2O4S. The molecule has 1 aromatic carbocycles. The molecule has 0 bridgehead atoms. The maximum atomic E-state index is 12.2. The van der Waals surface area contributed by atoms with Crippen molar-refractivity contribution in [2.24, 2.45) is 0 Å². The van der Waals surface area contributed by atoms with E-state index in [0.29, 0.717) is 30.2 Å². The minimum absolute atomic E-state index is 0.0458. The van der Waals surface area contributed by atoms with Crippen molar-refractivity contribution < 1.29 is 19.0 Å². The summed E-state index contributed by atoms with van der Waals surface area (Å²) < 4.78 is 15.9. The molecule has 1 heterocycles. The first-order valence-corrected chi connectivity index (χ1v) is 8.28. The highest BCUT2D eigenvalue weighted by Crippen LogP contribution is 2.38. The summed E-state index contributed by atoms with van der Waals surface area (Å²) in [6, 6.07) is 3.65. The Morgan fingerprint density at radius 3 is 2.21 bits per heavy atom. The van der Waals surface area contributed by atoms with E-state index in [1.54, 1.807) is 32.7 Å². The number of thiazole rings is 1. The van der Waals surface area contributed by atoms with E-state index in [-0.39, 0.29) is 5.91 Å². The minimum Gasteiger partial charge on any atom is -0.493 e. The van der Waals surface area contributed by atoms with Crippen molar-refractivity contribution in [1.29, 1.82) is 0 Å². The molecule has 130 valence electrons. The van der Waals surface area contributed by atoms with Gasteiger partial charge >= 0.3 is 0 Å². The van der Waals surface area contributed by atoms with Crippen LogP contribution in [0.5, 0.6) is 17.2 Å². The number of rotatable bonds is 7. The van der Waals surface area contributed by atoms with Crippen LogP contribution in [0, 0.1) is 13.8 Å². The van der Waals surface area contributed by atoms with Gasteiger partial charge in [0.1, 0.15) is 0 Å². The fraction of sp³-hybridized carbons (Fsp3) is 0.412. The number of hydrogen-bond donors (Lipinski definition) is 1. The lowest BCUT2D eigenvalue weighted by atomic mass is 10.1.